The SMILES string of the molecule is COCCNC=S. The first kappa shape index (κ1) is 6.85. The van der Waals surface area contributed by atoms with Crippen molar-refractivity contribution < 1.29 is 4.74 Å². The fourth-order valence-corrected chi connectivity index (χ4v) is 0.338. The molecule has 42 valence electrons. The summed E-state index contributed by atoms with van der Waals surface area (Å²) in [5.74, 6) is 0. The van der Waals surface area contributed by atoms with Gasteiger partial charge in [-0.15, -0.1) is 0 Å². The van der Waals surface area contributed by atoms with Crippen molar-refractivity contribution in [2.45, 2.75) is 0 Å². The maximum absolute atomic E-state index is 4.72. The Morgan fingerprint density at radius 1 is 1.86 bits per heavy atom. The summed E-state index contributed by atoms with van der Waals surface area (Å²) < 4.78 is 4.72. The molecule has 0 atom stereocenters. The van der Waals surface area contributed by atoms with Gasteiger partial charge in [-0.05, 0) is 0 Å². The minimum absolute atomic E-state index is 0.715. The Kier molecular flexibility index (Phi) is 5.72. The maximum Gasteiger partial charge on any atom is 0.0635 e. The van der Waals surface area contributed by atoms with Crippen LogP contribution in [0, 0.1) is 0 Å². The third-order valence-corrected chi connectivity index (χ3v) is 0.701. The van der Waals surface area contributed by atoms with E-state index in [4.69, 9.17) is 4.74 Å². The molecule has 0 saturated heterocycles. The molecule has 0 spiro atoms. The van der Waals surface area contributed by atoms with E-state index in [2.05, 4.69) is 17.5 Å². The molecule has 0 radical (unpaired) electrons. The highest BCUT2D eigenvalue weighted by Crippen LogP contribution is 1.59. The number of hydrogen-bond acceptors (Lipinski definition) is 2. The van der Waals surface area contributed by atoms with Crippen molar-refractivity contribution in [3.63, 3.8) is 0 Å². The Balaban J connectivity index is 2.56. The quantitative estimate of drug-likeness (QED) is 0.421. The molecule has 0 fully saturated rings. The highest BCUT2D eigenvalue weighted by Gasteiger charge is 1.74. The standard InChI is InChI=1S/C4H9NOS/c1-6-3-2-5-4-7/h4H,2-3H2,1H3,(H,5,7). The van der Waals surface area contributed by atoms with Gasteiger partial charge in [0.25, 0.3) is 0 Å². The van der Waals surface area contributed by atoms with Crippen LogP contribution in [-0.4, -0.2) is 25.8 Å². The Morgan fingerprint density at radius 3 is 3.00 bits per heavy atom. The van der Waals surface area contributed by atoms with E-state index in [1.165, 1.54) is 5.49 Å². The molecular formula is C4H9NOS. The van der Waals surface area contributed by atoms with Gasteiger partial charge < -0.3 is 10.1 Å². The molecule has 0 aliphatic heterocycles. The molecule has 0 aliphatic rings. The van der Waals surface area contributed by atoms with Crippen LogP contribution in [0.1, 0.15) is 0 Å². The molecule has 7 heavy (non-hydrogen) atoms. The van der Waals surface area contributed by atoms with Gasteiger partial charge in [-0.25, -0.2) is 0 Å². The van der Waals surface area contributed by atoms with Crippen molar-refractivity contribution in [2.24, 2.45) is 0 Å². The average Bonchev–Trinajstić information content (AvgIpc) is 1.69. The Bertz CT molecular complexity index is 49.0. The van der Waals surface area contributed by atoms with Crippen molar-refractivity contribution >= 4 is 17.7 Å². The van der Waals surface area contributed by atoms with E-state index < -0.39 is 0 Å². The molecule has 0 amide bonds. The first-order valence-corrected chi connectivity index (χ1v) is 2.55. The minimum Gasteiger partial charge on any atom is -0.383 e. The van der Waals surface area contributed by atoms with E-state index in [1.807, 2.05) is 0 Å². The summed E-state index contributed by atoms with van der Waals surface area (Å²) in [5.41, 5.74) is 1.49. The first-order chi connectivity index (χ1) is 3.41. The molecule has 1 N–H and O–H groups in total. The minimum atomic E-state index is 0.715. The molecule has 2 nitrogen and oxygen atoms in total. The molecule has 0 aromatic heterocycles. The molecule has 0 aromatic rings. The monoisotopic (exact) mass is 119 g/mol. The van der Waals surface area contributed by atoms with Crippen molar-refractivity contribution in [1.29, 1.82) is 0 Å². The number of methoxy groups -OCH3 is 1. The van der Waals surface area contributed by atoms with Gasteiger partial charge in [-0.3, -0.25) is 0 Å². The summed E-state index contributed by atoms with van der Waals surface area (Å²) in [5, 5.41) is 2.81. The van der Waals surface area contributed by atoms with E-state index in [0.29, 0.717) is 6.61 Å². The Hall–Kier alpha value is -0.150. The lowest BCUT2D eigenvalue weighted by Crippen LogP contribution is -2.15. The van der Waals surface area contributed by atoms with Crippen molar-refractivity contribution in [3.8, 4) is 0 Å². The molecule has 0 heterocycles. The lowest BCUT2D eigenvalue weighted by atomic mass is 10.7. The predicted octanol–water partition coefficient (Wildman–Crippen LogP) is 0.180. The van der Waals surface area contributed by atoms with Crippen LogP contribution < -0.4 is 5.32 Å². The van der Waals surface area contributed by atoms with Crippen LogP contribution in [-0.2, 0) is 4.74 Å². The van der Waals surface area contributed by atoms with Gasteiger partial charge in [0.05, 0.1) is 12.1 Å². The van der Waals surface area contributed by atoms with Crippen LogP contribution in [0.5, 0.6) is 0 Å². The third kappa shape index (κ3) is 5.85. The van der Waals surface area contributed by atoms with Crippen LogP contribution >= 0.6 is 12.2 Å². The van der Waals surface area contributed by atoms with Gasteiger partial charge >= 0.3 is 0 Å². The normalized spacial score (nSPS) is 8.14. The van der Waals surface area contributed by atoms with E-state index in [1.54, 1.807) is 7.11 Å². The molecular weight excluding hydrogens is 110 g/mol. The number of rotatable bonds is 4. The van der Waals surface area contributed by atoms with Crippen molar-refractivity contribution in [2.75, 3.05) is 20.3 Å². The van der Waals surface area contributed by atoms with E-state index in [-0.39, 0.29) is 0 Å². The molecule has 0 bridgehead atoms. The molecule has 0 saturated carbocycles. The number of hydrogen-bond donors (Lipinski definition) is 1. The largest absolute Gasteiger partial charge is 0.383 e. The van der Waals surface area contributed by atoms with E-state index in [0.717, 1.165) is 6.54 Å². The number of ether oxygens (including phenoxy) is 1. The van der Waals surface area contributed by atoms with Crippen LogP contribution in [0.4, 0.5) is 0 Å². The predicted molar refractivity (Wildman–Crippen MR) is 33.5 cm³/mol. The number of nitrogens with one attached hydrogen (secondary N) is 1. The van der Waals surface area contributed by atoms with Crippen molar-refractivity contribution in [3.05, 3.63) is 0 Å². The lowest BCUT2D eigenvalue weighted by molar-refractivity contribution is 0.204. The Morgan fingerprint density at radius 2 is 2.57 bits per heavy atom. The summed E-state index contributed by atoms with van der Waals surface area (Å²) in [7, 11) is 1.66. The smallest absolute Gasteiger partial charge is 0.0635 e. The van der Waals surface area contributed by atoms with Gasteiger partial charge in [-0.1, -0.05) is 12.2 Å². The zero-order valence-corrected chi connectivity index (χ0v) is 5.12. The summed E-state index contributed by atoms with van der Waals surface area (Å²) in [4.78, 5) is 0. The van der Waals surface area contributed by atoms with Crippen LogP contribution in [0.25, 0.3) is 0 Å². The highest BCUT2D eigenvalue weighted by atomic mass is 32.1. The summed E-state index contributed by atoms with van der Waals surface area (Å²) in [6.07, 6.45) is 0. The molecule has 0 unspecified atom stereocenters. The summed E-state index contributed by atoms with van der Waals surface area (Å²) in [6, 6.07) is 0. The van der Waals surface area contributed by atoms with Gasteiger partial charge in [0.15, 0.2) is 0 Å². The van der Waals surface area contributed by atoms with Gasteiger partial charge in [0.2, 0.25) is 0 Å². The maximum atomic E-state index is 4.72. The second-order valence-electron chi connectivity index (χ2n) is 1.06. The second-order valence-corrected chi connectivity index (χ2v) is 1.30. The van der Waals surface area contributed by atoms with Crippen molar-refractivity contribution in [1.82, 2.24) is 5.32 Å². The van der Waals surface area contributed by atoms with Gasteiger partial charge in [0, 0.05) is 13.7 Å². The molecule has 3 heteroatoms. The van der Waals surface area contributed by atoms with Crippen LogP contribution in [0.15, 0.2) is 0 Å². The topological polar surface area (TPSA) is 21.3 Å². The van der Waals surface area contributed by atoms with Gasteiger partial charge in [-0.2, -0.15) is 0 Å². The molecule has 0 rings (SSSR count). The summed E-state index contributed by atoms with van der Waals surface area (Å²) in [6.45, 7) is 1.52. The van der Waals surface area contributed by atoms with Gasteiger partial charge in [0.1, 0.15) is 0 Å². The zero-order chi connectivity index (χ0) is 5.54. The zero-order valence-electron chi connectivity index (χ0n) is 4.31. The number of thiocarbonyl (C=S) groups is 1. The molecule has 0 aliphatic carbocycles. The van der Waals surface area contributed by atoms with E-state index >= 15 is 0 Å². The first-order valence-electron chi connectivity index (χ1n) is 2.07. The fourth-order valence-electron chi connectivity index (χ4n) is 0.220. The second kappa shape index (κ2) is 5.85. The highest BCUT2D eigenvalue weighted by molar-refractivity contribution is 7.78. The molecule has 0 aromatic carbocycles. The van der Waals surface area contributed by atoms with Crippen LogP contribution in [0.2, 0.25) is 0 Å². The fraction of sp³-hybridized carbons (Fsp3) is 0.750. The Labute approximate surface area is 48.9 Å². The third-order valence-electron chi connectivity index (χ3n) is 0.534. The summed E-state index contributed by atoms with van der Waals surface area (Å²) >= 11 is 4.47. The lowest BCUT2D eigenvalue weighted by Gasteiger charge is -1.94. The average molecular weight is 119 g/mol. The van der Waals surface area contributed by atoms with E-state index in [9.17, 15) is 0 Å². The van der Waals surface area contributed by atoms with Crippen LogP contribution in [0.3, 0.4) is 0 Å².